The normalized spacial score (nSPS) is 18.8. The summed E-state index contributed by atoms with van der Waals surface area (Å²) in [7, 11) is 0. The number of nitrogens with zero attached hydrogens (tertiary/aromatic N) is 1. The van der Waals surface area contributed by atoms with Crippen LogP contribution in [-0.4, -0.2) is 32.1 Å². The average Bonchev–Trinajstić information content (AvgIpc) is 2.96. The van der Waals surface area contributed by atoms with Gasteiger partial charge in [0.15, 0.2) is 0 Å². The minimum atomic E-state index is -4.49. The van der Waals surface area contributed by atoms with Crippen molar-refractivity contribution in [3.63, 3.8) is 0 Å². The topological polar surface area (TPSA) is 29.5 Å². The van der Waals surface area contributed by atoms with Crippen molar-refractivity contribution >= 4 is 12.0 Å². The molecule has 1 saturated heterocycles. The predicted molar refractivity (Wildman–Crippen MR) is 73.7 cm³/mol. The van der Waals surface area contributed by atoms with E-state index in [2.05, 4.69) is 0 Å². The molecule has 0 radical (unpaired) electrons. The van der Waals surface area contributed by atoms with Gasteiger partial charge in [-0.1, -0.05) is 0 Å². The summed E-state index contributed by atoms with van der Waals surface area (Å²) in [6, 6.07) is 3.68. The third-order valence-corrected chi connectivity index (χ3v) is 3.63. The number of alkyl halides is 3. The van der Waals surface area contributed by atoms with Gasteiger partial charge in [0.05, 0.1) is 11.7 Å². The number of carbonyl (C=O) groups excluding carboxylic acids is 1. The molecule has 1 aliphatic heterocycles. The molecular formula is C15H18F3NO2. The third kappa shape index (κ3) is 3.75. The van der Waals surface area contributed by atoms with Crippen molar-refractivity contribution in [2.45, 2.75) is 32.0 Å². The summed E-state index contributed by atoms with van der Waals surface area (Å²) in [6.45, 7) is 3.35. The van der Waals surface area contributed by atoms with Gasteiger partial charge < -0.3 is 9.64 Å². The number of halogens is 3. The molecule has 1 fully saturated rings. The molecule has 0 aliphatic carbocycles. The Morgan fingerprint density at radius 3 is 2.71 bits per heavy atom. The molecule has 0 N–H and O–H groups in total. The van der Waals surface area contributed by atoms with Gasteiger partial charge in [-0.25, -0.2) is 0 Å². The molecule has 1 aromatic rings. The van der Waals surface area contributed by atoms with E-state index in [1.165, 1.54) is 12.1 Å². The Hall–Kier alpha value is -1.56. The van der Waals surface area contributed by atoms with Gasteiger partial charge in [0.25, 0.3) is 0 Å². The number of carbonyl (C=O) groups is 1. The van der Waals surface area contributed by atoms with Crippen LogP contribution in [0.15, 0.2) is 18.2 Å². The SMILES string of the molecule is CCN(CC1CCCO1)c1ccc(C=O)cc1C(F)(F)F. The van der Waals surface area contributed by atoms with Crippen molar-refractivity contribution in [3.8, 4) is 0 Å². The van der Waals surface area contributed by atoms with E-state index in [-0.39, 0.29) is 17.4 Å². The van der Waals surface area contributed by atoms with Crippen LogP contribution in [0.2, 0.25) is 0 Å². The molecule has 0 bridgehead atoms. The van der Waals surface area contributed by atoms with Crippen molar-refractivity contribution in [1.82, 2.24) is 0 Å². The quantitative estimate of drug-likeness (QED) is 0.779. The largest absolute Gasteiger partial charge is 0.418 e. The molecule has 1 heterocycles. The fourth-order valence-corrected chi connectivity index (χ4v) is 2.56. The Kier molecular flexibility index (Phi) is 4.88. The molecule has 21 heavy (non-hydrogen) atoms. The maximum atomic E-state index is 13.2. The van der Waals surface area contributed by atoms with Crippen LogP contribution in [0.5, 0.6) is 0 Å². The van der Waals surface area contributed by atoms with Crippen LogP contribution in [-0.2, 0) is 10.9 Å². The monoisotopic (exact) mass is 301 g/mol. The molecule has 0 amide bonds. The highest BCUT2D eigenvalue weighted by Gasteiger charge is 2.35. The van der Waals surface area contributed by atoms with Gasteiger partial charge in [-0.05, 0) is 38.0 Å². The zero-order valence-electron chi connectivity index (χ0n) is 11.8. The summed E-state index contributed by atoms with van der Waals surface area (Å²) in [6.07, 6.45) is -2.28. The lowest BCUT2D eigenvalue weighted by Crippen LogP contribution is -2.33. The van der Waals surface area contributed by atoms with Gasteiger partial charge in [0, 0.05) is 30.9 Å². The lowest BCUT2D eigenvalue weighted by Gasteiger charge is -2.28. The molecule has 6 heteroatoms. The zero-order chi connectivity index (χ0) is 15.5. The molecule has 3 nitrogen and oxygen atoms in total. The number of rotatable bonds is 5. The number of hydrogen-bond acceptors (Lipinski definition) is 3. The molecule has 2 rings (SSSR count). The number of anilines is 1. The molecular weight excluding hydrogens is 283 g/mol. The van der Waals surface area contributed by atoms with E-state index < -0.39 is 11.7 Å². The summed E-state index contributed by atoms with van der Waals surface area (Å²) in [5.74, 6) is 0. The number of hydrogen-bond donors (Lipinski definition) is 0. The first kappa shape index (κ1) is 15.8. The first-order valence-corrected chi connectivity index (χ1v) is 6.98. The van der Waals surface area contributed by atoms with Gasteiger partial charge in [-0.15, -0.1) is 0 Å². The summed E-state index contributed by atoms with van der Waals surface area (Å²) in [5.41, 5.74) is -0.641. The van der Waals surface area contributed by atoms with Gasteiger partial charge >= 0.3 is 6.18 Å². The van der Waals surface area contributed by atoms with Crippen molar-refractivity contribution in [3.05, 3.63) is 29.3 Å². The number of benzene rings is 1. The fraction of sp³-hybridized carbons (Fsp3) is 0.533. The minimum Gasteiger partial charge on any atom is -0.376 e. The Morgan fingerprint density at radius 1 is 1.43 bits per heavy atom. The van der Waals surface area contributed by atoms with Crippen molar-refractivity contribution in [1.29, 1.82) is 0 Å². The third-order valence-electron chi connectivity index (χ3n) is 3.63. The lowest BCUT2D eigenvalue weighted by atomic mass is 10.1. The first-order valence-electron chi connectivity index (χ1n) is 6.98. The van der Waals surface area contributed by atoms with Crippen LogP contribution in [0.3, 0.4) is 0 Å². The van der Waals surface area contributed by atoms with E-state index in [0.29, 0.717) is 26.0 Å². The van der Waals surface area contributed by atoms with Crippen molar-refractivity contribution in [2.75, 3.05) is 24.6 Å². The Balaban J connectivity index is 2.32. The van der Waals surface area contributed by atoms with E-state index in [4.69, 9.17) is 4.74 Å². The summed E-state index contributed by atoms with van der Waals surface area (Å²) in [5, 5.41) is 0. The Morgan fingerprint density at radius 2 is 2.19 bits per heavy atom. The van der Waals surface area contributed by atoms with Crippen LogP contribution in [0.1, 0.15) is 35.7 Å². The maximum Gasteiger partial charge on any atom is 0.418 e. The van der Waals surface area contributed by atoms with Gasteiger partial charge in [-0.3, -0.25) is 4.79 Å². The van der Waals surface area contributed by atoms with Crippen molar-refractivity contribution < 1.29 is 22.7 Å². The van der Waals surface area contributed by atoms with Gasteiger partial charge in [0.2, 0.25) is 0 Å². The minimum absolute atomic E-state index is 0.0271. The second-order valence-corrected chi connectivity index (χ2v) is 5.07. The highest BCUT2D eigenvalue weighted by atomic mass is 19.4. The van der Waals surface area contributed by atoms with Crippen LogP contribution < -0.4 is 4.90 Å². The van der Waals surface area contributed by atoms with E-state index in [1.807, 2.05) is 6.92 Å². The summed E-state index contributed by atoms with van der Waals surface area (Å²) >= 11 is 0. The average molecular weight is 301 g/mol. The maximum absolute atomic E-state index is 13.2. The molecule has 1 aliphatic rings. The summed E-state index contributed by atoms with van der Waals surface area (Å²) < 4.78 is 45.1. The van der Waals surface area contributed by atoms with Crippen LogP contribution in [0, 0.1) is 0 Å². The number of aldehydes is 1. The Bertz CT molecular complexity index is 496. The van der Waals surface area contributed by atoms with E-state index in [1.54, 1.807) is 4.90 Å². The highest BCUT2D eigenvalue weighted by molar-refractivity contribution is 5.77. The lowest BCUT2D eigenvalue weighted by molar-refractivity contribution is -0.137. The van der Waals surface area contributed by atoms with Crippen LogP contribution >= 0.6 is 0 Å². The first-order chi connectivity index (χ1) is 9.95. The van der Waals surface area contributed by atoms with Crippen LogP contribution in [0.25, 0.3) is 0 Å². The smallest absolute Gasteiger partial charge is 0.376 e. The zero-order valence-corrected chi connectivity index (χ0v) is 11.8. The highest BCUT2D eigenvalue weighted by Crippen LogP contribution is 2.37. The predicted octanol–water partition coefficient (Wildman–Crippen LogP) is 3.52. The fourth-order valence-electron chi connectivity index (χ4n) is 2.56. The number of likely N-dealkylation sites (N-methyl/N-ethyl adjacent to an activating group) is 1. The van der Waals surface area contributed by atoms with Crippen molar-refractivity contribution in [2.24, 2.45) is 0 Å². The number of ether oxygens (including phenoxy) is 1. The Labute approximate surface area is 121 Å². The van der Waals surface area contributed by atoms with E-state index in [0.717, 1.165) is 18.9 Å². The second-order valence-electron chi connectivity index (χ2n) is 5.07. The molecule has 0 aromatic heterocycles. The van der Waals surface area contributed by atoms with E-state index >= 15 is 0 Å². The standard InChI is InChI=1S/C15H18F3NO2/c1-2-19(9-12-4-3-7-21-12)14-6-5-11(10-20)8-13(14)15(16,17)18/h5-6,8,10,12H,2-4,7,9H2,1H3. The molecule has 1 aromatic carbocycles. The second kappa shape index (κ2) is 6.47. The van der Waals surface area contributed by atoms with Gasteiger partial charge in [0.1, 0.15) is 6.29 Å². The molecule has 116 valence electrons. The summed E-state index contributed by atoms with van der Waals surface area (Å²) in [4.78, 5) is 12.4. The molecule has 1 atom stereocenters. The molecule has 1 unspecified atom stereocenters. The van der Waals surface area contributed by atoms with E-state index in [9.17, 15) is 18.0 Å². The van der Waals surface area contributed by atoms with Crippen LogP contribution in [0.4, 0.5) is 18.9 Å². The molecule has 0 spiro atoms. The molecule has 0 saturated carbocycles. The van der Waals surface area contributed by atoms with Gasteiger partial charge in [-0.2, -0.15) is 13.2 Å².